The Labute approximate surface area is 176 Å². The lowest BCUT2D eigenvalue weighted by Gasteiger charge is -2.26. The molecular weight excluding hydrogens is 380 g/mol. The van der Waals surface area contributed by atoms with Gasteiger partial charge in [0.2, 0.25) is 5.91 Å². The molecule has 1 unspecified atom stereocenters. The molecule has 1 atom stereocenters. The van der Waals surface area contributed by atoms with Crippen molar-refractivity contribution in [3.63, 3.8) is 0 Å². The van der Waals surface area contributed by atoms with Gasteiger partial charge < -0.3 is 15.0 Å². The topological polar surface area (TPSA) is 75.7 Å². The second kappa shape index (κ2) is 8.69. The summed E-state index contributed by atoms with van der Waals surface area (Å²) < 4.78 is 5.24. The third kappa shape index (κ3) is 4.08. The number of nitrogens with one attached hydrogen (secondary N) is 1. The van der Waals surface area contributed by atoms with Crippen LogP contribution in [0.3, 0.4) is 0 Å². The molecule has 1 aliphatic heterocycles. The summed E-state index contributed by atoms with van der Waals surface area (Å²) in [7, 11) is 0. The van der Waals surface area contributed by atoms with E-state index in [-0.39, 0.29) is 24.5 Å². The normalized spacial score (nSPS) is 17.1. The third-order valence-corrected chi connectivity index (χ3v) is 5.85. The van der Waals surface area contributed by atoms with Crippen LogP contribution in [0.25, 0.3) is 0 Å². The van der Waals surface area contributed by atoms with Crippen LogP contribution in [0.1, 0.15) is 59.3 Å². The molecule has 0 aromatic heterocycles. The van der Waals surface area contributed by atoms with E-state index < -0.39 is 5.97 Å². The van der Waals surface area contributed by atoms with E-state index in [0.717, 1.165) is 36.1 Å². The highest BCUT2D eigenvalue weighted by molar-refractivity contribution is 5.97. The fraction of sp³-hybridized carbons (Fsp3) is 0.375. The lowest BCUT2D eigenvalue weighted by Crippen LogP contribution is -2.34. The van der Waals surface area contributed by atoms with E-state index in [1.807, 2.05) is 25.1 Å². The van der Waals surface area contributed by atoms with Crippen molar-refractivity contribution in [2.45, 2.75) is 45.1 Å². The second-order valence-corrected chi connectivity index (χ2v) is 7.78. The summed E-state index contributed by atoms with van der Waals surface area (Å²) in [6.07, 6.45) is 4.09. The number of ether oxygens (including phenoxy) is 1. The molecular formula is C24H26N2O4. The summed E-state index contributed by atoms with van der Waals surface area (Å²) in [5, 5.41) is 2.99. The summed E-state index contributed by atoms with van der Waals surface area (Å²) in [5.74, 6) is -0.756. The summed E-state index contributed by atoms with van der Waals surface area (Å²) in [6, 6.07) is 13.3. The van der Waals surface area contributed by atoms with Gasteiger partial charge in [0.1, 0.15) is 0 Å². The minimum Gasteiger partial charge on any atom is -0.452 e. The molecule has 2 aromatic carbocycles. The van der Waals surface area contributed by atoms with Crippen molar-refractivity contribution in [3.05, 3.63) is 64.7 Å². The molecule has 2 amide bonds. The van der Waals surface area contributed by atoms with Gasteiger partial charge in [0, 0.05) is 18.7 Å². The van der Waals surface area contributed by atoms with Gasteiger partial charge >= 0.3 is 5.97 Å². The molecule has 2 aromatic rings. The first-order valence-electron chi connectivity index (χ1n) is 10.5. The van der Waals surface area contributed by atoms with Crippen molar-refractivity contribution in [2.24, 2.45) is 0 Å². The average Bonchev–Trinajstić information content (AvgIpc) is 3.20. The number of anilines is 1. The molecule has 2 aliphatic rings. The van der Waals surface area contributed by atoms with Crippen molar-refractivity contribution in [3.8, 4) is 0 Å². The van der Waals surface area contributed by atoms with Gasteiger partial charge in [-0.1, -0.05) is 31.2 Å². The quantitative estimate of drug-likeness (QED) is 0.773. The van der Waals surface area contributed by atoms with Crippen LogP contribution in [0.5, 0.6) is 0 Å². The number of nitrogens with zero attached hydrogens (tertiary/aromatic N) is 1. The van der Waals surface area contributed by atoms with Gasteiger partial charge in [-0.2, -0.15) is 0 Å². The fourth-order valence-electron chi connectivity index (χ4n) is 4.33. The van der Waals surface area contributed by atoms with Gasteiger partial charge in [0.25, 0.3) is 5.91 Å². The number of esters is 1. The number of hydrogen-bond acceptors (Lipinski definition) is 4. The van der Waals surface area contributed by atoms with Crippen LogP contribution >= 0.6 is 0 Å². The van der Waals surface area contributed by atoms with Gasteiger partial charge in [-0.15, -0.1) is 0 Å². The van der Waals surface area contributed by atoms with Crippen molar-refractivity contribution < 1.29 is 19.1 Å². The molecule has 30 heavy (non-hydrogen) atoms. The standard InChI is InChI=1S/C24H26N2O4/c1-2-23(28)26-13-12-17-14-18(10-11-21(17)26)24(29)30-15-22(27)25-20-9-5-7-16-6-3-4-8-19(16)20/h3-4,6,8,10-11,14,20H,2,5,7,9,12-13,15H2,1H3,(H,25,27). The van der Waals surface area contributed by atoms with Crippen LogP contribution in [-0.2, 0) is 27.2 Å². The minimum absolute atomic E-state index is 0.0387. The average molecular weight is 406 g/mol. The van der Waals surface area contributed by atoms with Crippen molar-refractivity contribution in [2.75, 3.05) is 18.1 Å². The van der Waals surface area contributed by atoms with E-state index in [0.29, 0.717) is 24.9 Å². The summed E-state index contributed by atoms with van der Waals surface area (Å²) >= 11 is 0. The van der Waals surface area contributed by atoms with Gasteiger partial charge in [-0.05, 0) is 60.6 Å². The number of hydrogen-bond donors (Lipinski definition) is 1. The number of carbonyl (C=O) groups is 3. The Balaban J connectivity index is 1.34. The van der Waals surface area contributed by atoms with Crippen LogP contribution in [-0.4, -0.2) is 30.9 Å². The molecule has 6 heteroatoms. The highest BCUT2D eigenvalue weighted by Crippen LogP contribution is 2.30. The van der Waals surface area contributed by atoms with Crippen molar-refractivity contribution in [1.29, 1.82) is 0 Å². The smallest absolute Gasteiger partial charge is 0.338 e. The van der Waals surface area contributed by atoms with Crippen LogP contribution in [0.4, 0.5) is 5.69 Å². The Hall–Kier alpha value is -3.15. The van der Waals surface area contributed by atoms with Crippen LogP contribution in [0.2, 0.25) is 0 Å². The van der Waals surface area contributed by atoms with E-state index >= 15 is 0 Å². The first-order valence-corrected chi connectivity index (χ1v) is 10.5. The molecule has 0 radical (unpaired) electrons. The van der Waals surface area contributed by atoms with E-state index in [2.05, 4.69) is 11.4 Å². The maximum absolute atomic E-state index is 12.4. The van der Waals surface area contributed by atoms with Crippen LogP contribution < -0.4 is 10.2 Å². The number of fused-ring (bicyclic) bond motifs is 2. The highest BCUT2D eigenvalue weighted by atomic mass is 16.5. The minimum atomic E-state index is -0.530. The summed E-state index contributed by atoms with van der Waals surface area (Å²) in [5.41, 5.74) is 4.62. The molecule has 1 heterocycles. The van der Waals surface area contributed by atoms with Crippen molar-refractivity contribution in [1.82, 2.24) is 5.32 Å². The molecule has 0 saturated heterocycles. The SMILES string of the molecule is CCC(=O)N1CCc2cc(C(=O)OCC(=O)NC3CCCc4ccccc43)ccc21. The molecule has 0 bridgehead atoms. The Morgan fingerprint density at radius 2 is 1.93 bits per heavy atom. The maximum Gasteiger partial charge on any atom is 0.338 e. The van der Waals surface area contributed by atoms with Crippen LogP contribution in [0.15, 0.2) is 42.5 Å². The molecule has 1 N–H and O–H groups in total. The van der Waals surface area contributed by atoms with Gasteiger partial charge in [0.05, 0.1) is 11.6 Å². The maximum atomic E-state index is 12.4. The Bertz CT molecular complexity index is 985. The highest BCUT2D eigenvalue weighted by Gasteiger charge is 2.25. The lowest BCUT2D eigenvalue weighted by molar-refractivity contribution is -0.125. The molecule has 0 spiro atoms. The summed E-state index contributed by atoms with van der Waals surface area (Å²) in [4.78, 5) is 38.5. The molecule has 1 aliphatic carbocycles. The zero-order valence-electron chi connectivity index (χ0n) is 17.1. The first kappa shape index (κ1) is 20.1. The zero-order chi connectivity index (χ0) is 21.1. The number of rotatable bonds is 5. The lowest BCUT2D eigenvalue weighted by atomic mass is 9.88. The van der Waals surface area contributed by atoms with Gasteiger partial charge in [-0.3, -0.25) is 9.59 Å². The molecule has 0 saturated carbocycles. The van der Waals surface area contributed by atoms with Crippen LogP contribution in [0, 0.1) is 0 Å². The zero-order valence-corrected chi connectivity index (χ0v) is 17.1. The van der Waals surface area contributed by atoms with Gasteiger partial charge in [-0.25, -0.2) is 4.79 Å². The third-order valence-electron chi connectivity index (χ3n) is 5.85. The Morgan fingerprint density at radius 3 is 2.77 bits per heavy atom. The second-order valence-electron chi connectivity index (χ2n) is 7.78. The van der Waals surface area contributed by atoms with E-state index in [1.54, 1.807) is 23.1 Å². The van der Waals surface area contributed by atoms with E-state index in [9.17, 15) is 14.4 Å². The first-order chi connectivity index (χ1) is 14.6. The van der Waals surface area contributed by atoms with Gasteiger partial charge in [0.15, 0.2) is 6.61 Å². The monoisotopic (exact) mass is 406 g/mol. The Kier molecular flexibility index (Phi) is 5.84. The van der Waals surface area contributed by atoms with E-state index in [1.165, 1.54) is 5.56 Å². The molecule has 4 rings (SSSR count). The number of benzene rings is 2. The van der Waals surface area contributed by atoms with E-state index in [4.69, 9.17) is 4.74 Å². The number of amides is 2. The fourth-order valence-corrected chi connectivity index (χ4v) is 4.33. The number of carbonyl (C=O) groups excluding carboxylic acids is 3. The molecule has 0 fully saturated rings. The Morgan fingerprint density at radius 1 is 1.10 bits per heavy atom. The number of aryl methyl sites for hydroxylation is 1. The molecule has 156 valence electrons. The summed E-state index contributed by atoms with van der Waals surface area (Å²) in [6.45, 7) is 2.16. The predicted octanol–water partition coefficient (Wildman–Crippen LogP) is 3.34. The van der Waals surface area contributed by atoms with Crippen molar-refractivity contribution >= 4 is 23.5 Å². The largest absolute Gasteiger partial charge is 0.452 e. The predicted molar refractivity (Wildman–Crippen MR) is 113 cm³/mol. The molecule has 6 nitrogen and oxygen atoms in total.